The monoisotopic (exact) mass is 576 g/mol. The van der Waals surface area contributed by atoms with Crippen LogP contribution in [-0.4, -0.2) is 48.8 Å². The van der Waals surface area contributed by atoms with Crippen molar-refractivity contribution in [2.24, 2.45) is 0 Å². The molecule has 2 heterocycles. The van der Waals surface area contributed by atoms with Gasteiger partial charge in [-0.25, -0.2) is 9.37 Å². The van der Waals surface area contributed by atoms with Gasteiger partial charge in [0.1, 0.15) is 10.1 Å². The molecule has 39 heavy (non-hydrogen) atoms. The summed E-state index contributed by atoms with van der Waals surface area (Å²) >= 11 is 7.76. The lowest BCUT2D eigenvalue weighted by Gasteiger charge is -2.14. The second-order valence-electron chi connectivity index (χ2n) is 8.45. The number of rotatable bonds is 8. The normalized spacial score (nSPS) is 14.4. The van der Waals surface area contributed by atoms with Gasteiger partial charge in [0.05, 0.1) is 21.7 Å². The maximum atomic E-state index is 13.4. The Balaban J connectivity index is 1.28. The van der Waals surface area contributed by atoms with Crippen molar-refractivity contribution >= 4 is 80.6 Å². The summed E-state index contributed by atoms with van der Waals surface area (Å²) in [5, 5.41) is 3.07. The number of nitrogens with zero attached hydrogens (tertiary/aromatic N) is 3. The van der Waals surface area contributed by atoms with Crippen molar-refractivity contribution in [1.82, 2.24) is 14.5 Å². The van der Waals surface area contributed by atoms with E-state index in [4.69, 9.17) is 12.2 Å². The Kier molecular flexibility index (Phi) is 8.20. The maximum absolute atomic E-state index is 13.4. The van der Waals surface area contributed by atoms with Gasteiger partial charge >= 0.3 is 0 Å². The molecule has 5 rings (SSSR count). The van der Waals surface area contributed by atoms with Gasteiger partial charge in [0.25, 0.3) is 5.91 Å². The van der Waals surface area contributed by atoms with E-state index in [-0.39, 0.29) is 36.4 Å². The fourth-order valence-corrected chi connectivity index (χ4v) is 6.05. The van der Waals surface area contributed by atoms with Crippen LogP contribution in [0.3, 0.4) is 0 Å². The van der Waals surface area contributed by atoms with Crippen LogP contribution in [0, 0.1) is 5.82 Å². The fourth-order valence-electron chi connectivity index (χ4n) is 3.91. The van der Waals surface area contributed by atoms with Gasteiger partial charge in [0, 0.05) is 18.7 Å². The first-order chi connectivity index (χ1) is 18.9. The third-order valence-corrected chi connectivity index (χ3v) is 8.08. The minimum Gasteiger partial charge on any atom is -0.325 e. The summed E-state index contributed by atoms with van der Waals surface area (Å²) in [6.07, 6.45) is 1.80. The Morgan fingerprint density at radius 3 is 2.51 bits per heavy atom. The second kappa shape index (κ2) is 11.9. The Morgan fingerprint density at radius 1 is 1.03 bits per heavy atom. The third kappa shape index (κ3) is 6.27. The zero-order chi connectivity index (χ0) is 27.4. The largest absolute Gasteiger partial charge is 0.325 e. The van der Waals surface area contributed by atoms with Crippen molar-refractivity contribution in [3.05, 3.63) is 95.1 Å². The molecule has 0 spiro atoms. The molecule has 11 heteroatoms. The van der Waals surface area contributed by atoms with Crippen molar-refractivity contribution < 1.29 is 18.8 Å². The number of para-hydroxylation sites is 2. The van der Waals surface area contributed by atoms with Gasteiger partial charge < -0.3 is 5.32 Å². The number of thiocarbonyl (C=S) groups is 1. The van der Waals surface area contributed by atoms with Crippen LogP contribution in [0.4, 0.5) is 10.1 Å². The highest BCUT2D eigenvalue weighted by molar-refractivity contribution is 8.26. The summed E-state index contributed by atoms with van der Waals surface area (Å²) in [6, 6.07) is 22.1. The van der Waals surface area contributed by atoms with Crippen molar-refractivity contribution in [3.63, 3.8) is 0 Å². The van der Waals surface area contributed by atoms with Crippen LogP contribution in [0.1, 0.15) is 16.8 Å². The van der Waals surface area contributed by atoms with Crippen LogP contribution in [0.25, 0.3) is 17.1 Å². The lowest BCUT2D eigenvalue weighted by atomic mass is 10.2. The van der Waals surface area contributed by atoms with E-state index in [9.17, 15) is 18.8 Å². The Morgan fingerprint density at radius 2 is 1.74 bits per heavy atom. The lowest BCUT2D eigenvalue weighted by molar-refractivity contribution is -0.122. The number of nitrogens with one attached hydrogen (secondary N) is 1. The number of carbonyl (C=O) groups is 3. The van der Waals surface area contributed by atoms with E-state index < -0.39 is 5.82 Å². The van der Waals surface area contributed by atoms with E-state index in [1.807, 2.05) is 36.4 Å². The predicted molar refractivity (Wildman–Crippen MR) is 157 cm³/mol. The van der Waals surface area contributed by atoms with Crippen LogP contribution in [-0.2, 0) is 9.59 Å². The van der Waals surface area contributed by atoms with Crippen LogP contribution >= 0.6 is 35.7 Å². The molecule has 0 unspecified atom stereocenters. The number of amides is 2. The summed E-state index contributed by atoms with van der Waals surface area (Å²) < 4.78 is 15.0. The molecule has 7 nitrogen and oxygen atoms in total. The van der Waals surface area contributed by atoms with Crippen LogP contribution in [0.2, 0.25) is 0 Å². The minimum atomic E-state index is -0.395. The van der Waals surface area contributed by atoms with E-state index >= 15 is 0 Å². The second-order valence-corrected chi connectivity index (χ2v) is 11.1. The van der Waals surface area contributed by atoms with Crippen molar-refractivity contribution in [2.45, 2.75) is 11.6 Å². The highest BCUT2D eigenvalue weighted by Crippen LogP contribution is 2.33. The van der Waals surface area contributed by atoms with Gasteiger partial charge in [0.15, 0.2) is 5.16 Å². The SMILES string of the molecule is O=C(CSc1nc2ccccc2n1C(=O)CCN1C(=O)/C(=C/c2ccccc2)SC1=S)Nc1ccc(F)cc1. The third-order valence-electron chi connectivity index (χ3n) is 5.76. The van der Waals surface area contributed by atoms with Crippen LogP contribution in [0.15, 0.2) is 88.9 Å². The van der Waals surface area contributed by atoms with E-state index in [1.54, 1.807) is 24.3 Å². The smallest absolute Gasteiger partial charge is 0.266 e. The zero-order valence-corrected chi connectivity index (χ0v) is 22.8. The first-order valence-electron chi connectivity index (χ1n) is 11.9. The number of hydrogen-bond donors (Lipinski definition) is 1. The molecule has 0 atom stereocenters. The standard InChI is InChI=1S/C28H21FN4O3S3/c29-19-10-12-20(13-11-19)30-24(34)17-38-27-31-21-8-4-5-9-22(21)33(27)25(35)14-15-32-26(36)23(39-28(32)37)16-18-6-2-1-3-7-18/h1-13,16H,14-15,17H2,(H,30,34)/b23-16-. The predicted octanol–water partition coefficient (Wildman–Crippen LogP) is 5.84. The van der Waals surface area contributed by atoms with Crippen molar-refractivity contribution in [2.75, 3.05) is 17.6 Å². The molecule has 1 fully saturated rings. The summed E-state index contributed by atoms with van der Waals surface area (Å²) in [5.41, 5.74) is 2.59. The quantitative estimate of drug-likeness (QED) is 0.160. The number of carbonyl (C=O) groups excluding carboxylic acids is 3. The van der Waals surface area contributed by atoms with Gasteiger partial charge in [-0.15, -0.1) is 0 Å². The van der Waals surface area contributed by atoms with Gasteiger partial charge in [-0.1, -0.05) is 78.2 Å². The van der Waals surface area contributed by atoms with Gasteiger partial charge in [-0.2, -0.15) is 0 Å². The summed E-state index contributed by atoms with van der Waals surface area (Å²) in [5.74, 6) is -1.23. The Bertz CT molecular complexity index is 1600. The Hall–Kier alpha value is -3.80. The highest BCUT2D eigenvalue weighted by Gasteiger charge is 2.32. The van der Waals surface area contributed by atoms with E-state index in [0.29, 0.717) is 31.1 Å². The summed E-state index contributed by atoms with van der Waals surface area (Å²) in [6.45, 7) is 0.122. The topological polar surface area (TPSA) is 84.3 Å². The fraction of sp³-hybridized carbons (Fsp3) is 0.107. The molecule has 1 aliphatic heterocycles. The molecule has 3 aromatic carbocycles. The molecule has 0 radical (unpaired) electrons. The van der Waals surface area contributed by atoms with E-state index in [0.717, 1.165) is 17.3 Å². The molecule has 196 valence electrons. The molecule has 0 bridgehead atoms. The van der Waals surface area contributed by atoms with Gasteiger partial charge in [-0.05, 0) is 48.0 Å². The molecular weight excluding hydrogens is 556 g/mol. The zero-order valence-electron chi connectivity index (χ0n) is 20.4. The number of fused-ring (bicyclic) bond motifs is 1. The first kappa shape index (κ1) is 26.8. The van der Waals surface area contributed by atoms with Crippen LogP contribution in [0.5, 0.6) is 0 Å². The van der Waals surface area contributed by atoms with Crippen molar-refractivity contribution in [3.8, 4) is 0 Å². The number of aromatic nitrogens is 2. The number of benzene rings is 3. The van der Waals surface area contributed by atoms with E-state index in [2.05, 4.69) is 10.3 Å². The van der Waals surface area contributed by atoms with E-state index in [1.165, 1.54) is 45.5 Å². The molecule has 0 aliphatic carbocycles. The van der Waals surface area contributed by atoms with Crippen LogP contribution < -0.4 is 5.32 Å². The molecular formula is C28H21FN4O3S3. The number of anilines is 1. The first-order valence-corrected chi connectivity index (χ1v) is 14.1. The molecule has 4 aromatic rings. The molecule has 0 saturated carbocycles. The lowest BCUT2D eigenvalue weighted by Crippen LogP contribution is -2.31. The molecule has 1 saturated heterocycles. The highest BCUT2D eigenvalue weighted by atomic mass is 32.2. The summed E-state index contributed by atoms with van der Waals surface area (Å²) in [7, 11) is 0. The number of imidazole rings is 1. The molecule has 1 aliphatic rings. The Labute approximate surface area is 237 Å². The van der Waals surface area contributed by atoms with Gasteiger partial charge in [-0.3, -0.25) is 23.9 Å². The minimum absolute atomic E-state index is 0.00699. The van der Waals surface area contributed by atoms with Gasteiger partial charge in [0.2, 0.25) is 11.8 Å². The molecule has 2 amide bonds. The average Bonchev–Trinajstić information content (AvgIpc) is 3.44. The average molecular weight is 577 g/mol. The molecule has 1 N–H and O–H groups in total. The maximum Gasteiger partial charge on any atom is 0.266 e. The summed E-state index contributed by atoms with van der Waals surface area (Å²) in [4.78, 5) is 45.4. The molecule has 1 aromatic heterocycles. The number of hydrogen-bond acceptors (Lipinski definition) is 7. The number of thioether (sulfide) groups is 2. The van der Waals surface area contributed by atoms with Crippen molar-refractivity contribution in [1.29, 1.82) is 0 Å². The number of halogens is 1.